The molecule has 2 aliphatic rings. The molecule has 114 valence electrons. The molecule has 1 aromatic rings. The van der Waals surface area contributed by atoms with Crippen LogP contribution in [0.15, 0.2) is 16.7 Å². The van der Waals surface area contributed by atoms with Crippen LogP contribution in [0, 0.1) is 5.92 Å². The molecule has 0 spiro atoms. The summed E-state index contributed by atoms with van der Waals surface area (Å²) in [7, 11) is 2.15. The van der Waals surface area contributed by atoms with Gasteiger partial charge in [0.25, 0.3) is 5.91 Å². The minimum absolute atomic E-state index is 0.0191. The molecule has 6 nitrogen and oxygen atoms in total. The molecule has 2 atom stereocenters. The Hall–Kier alpha value is -1.82. The number of likely N-dealkylation sites (tertiary alicyclic amines) is 2. The molecule has 0 saturated carbocycles. The summed E-state index contributed by atoms with van der Waals surface area (Å²) in [6.07, 6.45) is 4.41. The largest absolute Gasteiger partial charge is 0.478 e. The molecular weight excluding hydrogens is 272 g/mol. The second-order valence-corrected chi connectivity index (χ2v) is 5.99. The number of carbonyl (C=O) groups is 2. The fraction of sp³-hybridized carbons (Fsp3) is 0.600. The number of piperidine rings is 2. The lowest BCUT2D eigenvalue weighted by Crippen LogP contribution is -2.53. The van der Waals surface area contributed by atoms with Crippen molar-refractivity contribution in [1.82, 2.24) is 9.80 Å². The average Bonchev–Trinajstić information content (AvgIpc) is 2.96. The Balaban J connectivity index is 1.69. The number of amides is 1. The zero-order chi connectivity index (χ0) is 15.0. The van der Waals surface area contributed by atoms with Crippen LogP contribution in [0.1, 0.15) is 40.2 Å². The number of fused-ring (bicyclic) bond motifs is 1. The van der Waals surface area contributed by atoms with Crippen molar-refractivity contribution in [2.75, 3.05) is 26.7 Å². The van der Waals surface area contributed by atoms with E-state index < -0.39 is 5.97 Å². The number of rotatable bonds is 2. The van der Waals surface area contributed by atoms with Gasteiger partial charge in [-0.05, 0) is 38.8 Å². The zero-order valence-electron chi connectivity index (χ0n) is 12.1. The first-order valence-electron chi connectivity index (χ1n) is 7.37. The number of aromatic carboxylic acids is 1. The molecule has 0 bridgehead atoms. The van der Waals surface area contributed by atoms with E-state index in [1.165, 1.54) is 12.5 Å². The number of nitrogens with zero attached hydrogens (tertiary/aromatic N) is 2. The minimum atomic E-state index is -1.08. The van der Waals surface area contributed by atoms with E-state index in [-0.39, 0.29) is 17.2 Å². The van der Waals surface area contributed by atoms with Crippen molar-refractivity contribution in [2.24, 2.45) is 5.92 Å². The number of furan rings is 1. The van der Waals surface area contributed by atoms with E-state index in [2.05, 4.69) is 11.9 Å². The SMILES string of the molecule is CN1CCCC2CN(C(=O)c3cc(C(=O)O)co3)CCC21. The molecule has 1 aromatic heterocycles. The molecule has 3 heterocycles. The first kappa shape index (κ1) is 14.1. The van der Waals surface area contributed by atoms with Gasteiger partial charge in [0.05, 0.1) is 5.56 Å². The van der Waals surface area contributed by atoms with Gasteiger partial charge in [-0.2, -0.15) is 0 Å². The zero-order valence-corrected chi connectivity index (χ0v) is 12.1. The van der Waals surface area contributed by atoms with Gasteiger partial charge >= 0.3 is 5.97 Å². The first-order chi connectivity index (χ1) is 10.1. The summed E-state index contributed by atoms with van der Waals surface area (Å²) in [5.74, 6) is -0.648. The highest BCUT2D eigenvalue weighted by molar-refractivity contribution is 5.95. The standard InChI is InChI=1S/C15H20N2O4/c1-16-5-2-3-10-8-17(6-4-12(10)16)14(18)13-7-11(9-21-13)15(19)20/h7,9-10,12H,2-6,8H2,1H3,(H,19,20). The third-order valence-electron chi connectivity index (χ3n) is 4.69. The number of carboxylic acids is 1. The highest BCUT2D eigenvalue weighted by atomic mass is 16.4. The maximum Gasteiger partial charge on any atom is 0.338 e. The van der Waals surface area contributed by atoms with E-state index >= 15 is 0 Å². The normalized spacial score (nSPS) is 26.4. The first-order valence-corrected chi connectivity index (χ1v) is 7.37. The van der Waals surface area contributed by atoms with Gasteiger partial charge in [-0.3, -0.25) is 4.79 Å². The predicted octanol–water partition coefficient (Wildman–Crippen LogP) is 1.53. The van der Waals surface area contributed by atoms with Crippen LogP contribution in [-0.2, 0) is 0 Å². The van der Waals surface area contributed by atoms with Crippen molar-refractivity contribution in [3.63, 3.8) is 0 Å². The summed E-state index contributed by atoms with van der Waals surface area (Å²) in [4.78, 5) is 27.5. The smallest absolute Gasteiger partial charge is 0.338 e. The molecule has 6 heteroatoms. The molecule has 0 aliphatic carbocycles. The lowest BCUT2D eigenvalue weighted by molar-refractivity contribution is 0.0298. The predicted molar refractivity (Wildman–Crippen MR) is 75.3 cm³/mol. The molecule has 21 heavy (non-hydrogen) atoms. The third-order valence-corrected chi connectivity index (χ3v) is 4.69. The summed E-state index contributed by atoms with van der Waals surface area (Å²) < 4.78 is 5.12. The van der Waals surface area contributed by atoms with Gasteiger partial charge in [0.15, 0.2) is 5.76 Å². The van der Waals surface area contributed by atoms with Gasteiger partial charge in [-0.1, -0.05) is 0 Å². The Morgan fingerprint density at radius 1 is 1.33 bits per heavy atom. The summed E-state index contributed by atoms with van der Waals surface area (Å²) in [5, 5.41) is 8.88. The average molecular weight is 292 g/mol. The Bertz CT molecular complexity index is 554. The van der Waals surface area contributed by atoms with Crippen molar-refractivity contribution in [1.29, 1.82) is 0 Å². The number of hydrogen-bond acceptors (Lipinski definition) is 4. The topological polar surface area (TPSA) is 74.0 Å². The molecule has 2 unspecified atom stereocenters. The van der Waals surface area contributed by atoms with E-state index in [1.54, 1.807) is 4.90 Å². The minimum Gasteiger partial charge on any atom is -0.478 e. The van der Waals surface area contributed by atoms with Crippen LogP contribution in [0.4, 0.5) is 0 Å². The fourth-order valence-electron chi connectivity index (χ4n) is 3.55. The van der Waals surface area contributed by atoms with Gasteiger partial charge in [0.2, 0.25) is 0 Å². The van der Waals surface area contributed by atoms with E-state index in [9.17, 15) is 9.59 Å². The van der Waals surface area contributed by atoms with Gasteiger partial charge in [-0.15, -0.1) is 0 Å². The van der Waals surface area contributed by atoms with Crippen LogP contribution < -0.4 is 0 Å². The van der Waals surface area contributed by atoms with Crippen molar-refractivity contribution in [3.05, 3.63) is 23.7 Å². The summed E-state index contributed by atoms with van der Waals surface area (Å²) >= 11 is 0. The van der Waals surface area contributed by atoms with Crippen molar-refractivity contribution < 1.29 is 19.1 Å². The Kier molecular flexibility index (Phi) is 3.71. The Morgan fingerprint density at radius 2 is 2.14 bits per heavy atom. The van der Waals surface area contributed by atoms with E-state index in [4.69, 9.17) is 9.52 Å². The summed E-state index contributed by atoms with van der Waals surface area (Å²) in [6.45, 7) is 2.57. The summed E-state index contributed by atoms with van der Waals surface area (Å²) in [6, 6.07) is 1.87. The maximum absolute atomic E-state index is 12.4. The van der Waals surface area contributed by atoms with Gasteiger partial charge < -0.3 is 19.3 Å². The quantitative estimate of drug-likeness (QED) is 0.895. The lowest BCUT2D eigenvalue weighted by Gasteiger charge is -2.45. The fourth-order valence-corrected chi connectivity index (χ4v) is 3.55. The second-order valence-electron chi connectivity index (χ2n) is 5.99. The molecule has 1 N–H and O–H groups in total. The van der Waals surface area contributed by atoms with Crippen molar-refractivity contribution >= 4 is 11.9 Å². The molecule has 0 aromatic carbocycles. The number of carboxylic acid groups (broad SMARTS) is 1. The van der Waals surface area contributed by atoms with Crippen LogP contribution >= 0.6 is 0 Å². The van der Waals surface area contributed by atoms with Gasteiger partial charge in [0.1, 0.15) is 6.26 Å². The van der Waals surface area contributed by atoms with E-state index in [0.717, 1.165) is 32.2 Å². The molecule has 0 radical (unpaired) electrons. The van der Waals surface area contributed by atoms with Gasteiger partial charge in [0, 0.05) is 25.2 Å². The highest BCUT2D eigenvalue weighted by Gasteiger charge is 2.36. The van der Waals surface area contributed by atoms with Gasteiger partial charge in [-0.25, -0.2) is 4.79 Å². The van der Waals surface area contributed by atoms with Crippen molar-refractivity contribution in [2.45, 2.75) is 25.3 Å². The molecule has 2 fully saturated rings. The van der Waals surface area contributed by atoms with Crippen molar-refractivity contribution in [3.8, 4) is 0 Å². The Labute approximate surface area is 123 Å². The Morgan fingerprint density at radius 3 is 2.86 bits per heavy atom. The highest BCUT2D eigenvalue weighted by Crippen LogP contribution is 2.30. The van der Waals surface area contributed by atoms with Crippen LogP contribution in [-0.4, -0.2) is 59.5 Å². The van der Waals surface area contributed by atoms with E-state index in [0.29, 0.717) is 18.5 Å². The van der Waals surface area contributed by atoms with Crippen LogP contribution in [0.2, 0.25) is 0 Å². The van der Waals surface area contributed by atoms with Crippen LogP contribution in [0.25, 0.3) is 0 Å². The molecule has 2 saturated heterocycles. The number of carbonyl (C=O) groups excluding carboxylic acids is 1. The third kappa shape index (κ3) is 2.68. The van der Waals surface area contributed by atoms with Crippen LogP contribution in [0.5, 0.6) is 0 Å². The molecule has 1 amide bonds. The molecular formula is C15H20N2O4. The van der Waals surface area contributed by atoms with E-state index in [1.807, 2.05) is 0 Å². The maximum atomic E-state index is 12.4. The lowest BCUT2D eigenvalue weighted by atomic mass is 9.84. The summed E-state index contributed by atoms with van der Waals surface area (Å²) in [5.41, 5.74) is 0.0191. The second kappa shape index (κ2) is 5.52. The van der Waals surface area contributed by atoms with Crippen LogP contribution in [0.3, 0.4) is 0 Å². The molecule has 3 rings (SSSR count). The molecule has 2 aliphatic heterocycles. The number of hydrogen-bond donors (Lipinski definition) is 1. The monoisotopic (exact) mass is 292 g/mol.